The van der Waals surface area contributed by atoms with Crippen LogP contribution in [-0.4, -0.2) is 43.7 Å². The Hall–Kier alpha value is -2.77. The topological polar surface area (TPSA) is 110 Å². The molecule has 104 valence electrons. The molecule has 0 aliphatic carbocycles. The summed E-state index contributed by atoms with van der Waals surface area (Å²) in [6.45, 7) is 0.136. The van der Waals surface area contributed by atoms with Gasteiger partial charge in [0.25, 0.3) is 0 Å². The van der Waals surface area contributed by atoms with Crippen LogP contribution in [0.25, 0.3) is 5.69 Å². The molecule has 0 unspecified atom stereocenters. The van der Waals surface area contributed by atoms with Crippen molar-refractivity contribution in [3.8, 4) is 5.69 Å². The largest absolute Gasteiger partial charge is 0.481 e. The van der Waals surface area contributed by atoms with E-state index in [4.69, 9.17) is 5.11 Å². The van der Waals surface area contributed by atoms with Crippen LogP contribution in [-0.2, 0) is 16.0 Å². The fourth-order valence-corrected chi connectivity index (χ4v) is 1.60. The lowest BCUT2D eigenvalue weighted by Gasteiger charge is -2.05. The number of aromatic nitrogens is 4. The van der Waals surface area contributed by atoms with Crippen LogP contribution in [0, 0.1) is 0 Å². The zero-order valence-electron chi connectivity index (χ0n) is 10.6. The minimum Gasteiger partial charge on any atom is -0.481 e. The molecule has 0 saturated carbocycles. The van der Waals surface area contributed by atoms with Crippen molar-refractivity contribution in [3.05, 3.63) is 36.2 Å². The van der Waals surface area contributed by atoms with Gasteiger partial charge >= 0.3 is 5.97 Å². The molecule has 1 aromatic carbocycles. The molecule has 0 spiro atoms. The van der Waals surface area contributed by atoms with E-state index in [9.17, 15) is 9.59 Å². The molecule has 2 aromatic rings. The Kier molecular flexibility index (Phi) is 4.38. The maximum Gasteiger partial charge on any atom is 0.305 e. The number of hydrogen-bond acceptors (Lipinski definition) is 5. The third-order valence-electron chi connectivity index (χ3n) is 2.58. The summed E-state index contributed by atoms with van der Waals surface area (Å²) < 4.78 is 1.51. The van der Waals surface area contributed by atoms with Crippen molar-refractivity contribution >= 4 is 11.9 Å². The van der Waals surface area contributed by atoms with E-state index in [0.717, 1.165) is 11.3 Å². The highest BCUT2D eigenvalue weighted by Crippen LogP contribution is 2.08. The molecule has 8 nitrogen and oxygen atoms in total. The Labute approximate surface area is 114 Å². The first-order valence-corrected chi connectivity index (χ1v) is 5.96. The monoisotopic (exact) mass is 275 g/mol. The standard InChI is InChI=1S/C12H13N5O3/c18-11(13-6-5-12(19)20)7-9-1-3-10(4-2-9)17-8-14-15-16-17/h1-4,8H,5-7H2,(H,13,18)(H,19,20). The van der Waals surface area contributed by atoms with Gasteiger partial charge in [-0.1, -0.05) is 12.1 Å². The number of carboxylic acids is 1. The first-order valence-electron chi connectivity index (χ1n) is 5.96. The highest BCUT2D eigenvalue weighted by atomic mass is 16.4. The molecular formula is C12H13N5O3. The van der Waals surface area contributed by atoms with E-state index in [-0.39, 0.29) is 25.3 Å². The maximum absolute atomic E-state index is 11.6. The molecule has 0 bridgehead atoms. The van der Waals surface area contributed by atoms with Crippen LogP contribution in [0.15, 0.2) is 30.6 Å². The number of carbonyl (C=O) groups excluding carboxylic acids is 1. The van der Waals surface area contributed by atoms with Crippen LogP contribution in [0.1, 0.15) is 12.0 Å². The maximum atomic E-state index is 11.6. The number of nitrogens with zero attached hydrogens (tertiary/aromatic N) is 4. The molecule has 0 fully saturated rings. The molecule has 1 aromatic heterocycles. The summed E-state index contributed by atoms with van der Waals surface area (Å²) in [6, 6.07) is 7.20. The number of rotatable bonds is 6. The summed E-state index contributed by atoms with van der Waals surface area (Å²) in [5.41, 5.74) is 1.62. The zero-order valence-corrected chi connectivity index (χ0v) is 10.6. The summed E-state index contributed by atoms with van der Waals surface area (Å²) in [6.07, 6.45) is 1.60. The van der Waals surface area contributed by atoms with Crippen LogP contribution < -0.4 is 5.32 Å². The molecule has 1 amide bonds. The zero-order chi connectivity index (χ0) is 14.4. The van der Waals surface area contributed by atoms with Crippen LogP contribution in [0.4, 0.5) is 0 Å². The molecule has 0 radical (unpaired) electrons. The molecule has 2 rings (SSSR count). The van der Waals surface area contributed by atoms with E-state index in [1.165, 1.54) is 11.0 Å². The van der Waals surface area contributed by atoms with Gasteiger partial charge in [-0.3, -0.25) is 9.59 Å². The first-order chi connectivity index (χ1) is 9.65. The number of hydrogen-bond donors (Lipinski definition) is 2. The van der Waals surface area contributed by atoms with Gasteiger partial charge in [-0.25, -0.2) is 4.68 Å². The molecule has 8 heteroatoms. The van der Waals surface area contributed by atoms with Gasteiger partial charge in [0.15, 0.2) is 0 Å². The van der Waals surface area contributed by atoms with Crippen molar-refractivity contribution in [3.63, 3.8) is 0 Å². The van der Waals surface area contributed by atoms with Gasteiger partial charge in [0.1, 0.15) is 6.33 Å². The van der Waals surface area contributed by atoms with E-state index in [2.05, 4.69) is 20.8 Å². The predicted octanol–water partition coefficient (Wildman–Crippen LogP) is -0.204. The Morgan fingerprint density at radius 2 is 2.00 bits per heavy atom. The van der Waals surface area contributed by atoms with Crippen molar-refractivity contribution < 1.29 is 14.7 Å². The lowest BCUT2D eigenvalue weighted by molar-refractivity contribution is -0.136. The van der Waals surface area contributed by atoms with Crippen LogP contribution in [0.2, 0.25) is 0 Å². The van der Waals surface area contributed by atoms with E-state index >= 15 is 0 Å². The van der Waals surface area contributed by atoms with E-state index in [0.29, 0.717) is 0 Å². The molecule has 2 N–H and O–H groups in total. The van der Waals surface area contributed by atoms with Gasteiger partial charge < -0.3 is 10.4 Å². The van der Waals surface area contributed by atoms with Crippen molar-refractivity contribution in [2.45, 2.75) is 12.8 Å². The molecule has 20 heavy (non-hydrogen) atoms. The van der Waals surface area contributed by atoms with E-state index in [1.807, 2.05) is 0 Å². The Balaban J connectivity index is 1.87. The predicted molar refractivity (Wildman–Crippen MR) is 68.1 cm³/mol. The second-order valence-electron chi connectivity index (χ2n) is 4.09. The summed E-state index contributed by atoms with van der Waals surface area (Å²) in [5, 5.41) is 21.8. The summed E-state index contributed by atoms with van der Waals surface area (Å²) in [5.74, 6) is -1.14. The molecule has 0 aliphatic rings. The van der Waals surface area contributed by atoms with E-state index < -0.39 is 5.97 Å². The van der Waals surface area contributed by atoms with Gasteiger partial charge in [0.2, 0.25) is 5.91 Å². The minimum atomic E-state index is -0.934. The Morgan fingerprint density at radius 3 is 2.60 bits per heavy atom. The van der Waals surface area contributed by atoms with Crippen molar-refractivity contribution in [2.24, 2.45) is 0 Å². The number of aliphatic carboxylic acids is 1. The van der Waals surface area contributed by atoms with Gasteiger partial charge in [-0.15, -0.1) is 5.10 Å². The van der Waals surface area contributed by atoms with Crippen LogP contribution >= 0.6 is 0 Å². The number of benzene rings is 1. The average molecular weight is 275 g/mol. The SMILES string of the molecule is O=C(O)CCNC(=O)Cc1ccc(-n2cnnn2)cc1. The van der Waals surface area contributed by atoms with Crippen LogP contribution in [0.5, 0.6) is 0 Å². The van der Waals surface area contributed by atoms with Crippen molar-refractivity contribution in [1.82, 2.24) is 25.5 Å². The number of carboxylic acid groups (broad SMARTS) is 1. The normalized spacial score (nSPS) is 10.2. The molecule has 0 atom stereocenters. The van der Waals surface area contributed by atoms with Gasteiger partial charge in [0.05, 0.1) is 18.5 Å². The third-order valence-corrected chi connectivity index (χ3v) is 2.58. The quantitative estimate of drug-likeness (QED) is 0.755. The Morgan fingerprint density at radius 1 is 1.25 bits per heavy atom. The highest BCUT2D eigenvalue weighted by molar-refractivity contribution is 5.79. The molecule has 1 heterocycles. The number of amides is 1. The van der Waals surface area contributed by atoms with Crippen molar-refractivity contribution in [1.29, 1.82) is 0 Å². The second kappa shape index (κ2) is 6.41. The lowest BCUT2D eigenvalue weighted by Crippen LogP contribution is -2.27. The van der Waals surface area contributed by atoms with Crippen LogP contribution in [0.3, 0.4) is 0 Å². The highest BCUT2D eigenvalue weighted by Gasteiger charge is 2.05. The summed E-state index contributed by atoms with van der Waals surface area (Å²) in [7, 11) is 0. The number of tetrazole rings is 1. The van der Waals surface area contributed by atoms with Crippen molar-refractivity contribution in [2.75, 3.05) is 6.54 Å². The lowest BCUT2D eigenvalue weighted by atomic mass is 10.1. The van der Waals surface area contributed by atoms with Gasteiger partial charge in [0, 0.05) is 6.54 Å². The Bertz CT molecular complexity index is 580. The van der Waals surface area contributed by atoms with E-state index in [1.54, 1.807) is 24.3 Å². The average Bonchev–Trinajstić information content (AvgIpc) is 2.93. The molecule has 0 aliphatic heterocycles. The summed E-state index contributed by atoms with van der Waals surface area (Å²) >= 11 is 0. The minimum absolute atomic E-state index is 0.0794. The van der Waals surface area contributed by atoms with Gasteiger partial charge in [-0.05, 0) is 28.1 Å². The van der Waals surface area contributed by atoms with Gasteiger partial charge in [-0.2, -0.15) is 0 Å². The first kappa shape index (κ1) is 13.7. The number of carbonyl (C=O) groups is 2. The fraction of sp³-hybridized carbons (Fsp3) is 0.250. The fourth-order valence-electron chi connectivity index (χ4n) is 1.60. The second-order valence-corrected chi connectivity index (χ2v) is 4.09. The molecule has 0 saturated heterocycles. The number of nitrogens with one attached hydrogen (secondary N) is 1. The third kappa shape index (κ3) is 3.87. The molecular weight excluding hydrogens is 262 g/mol. The summed E-state index contributed by atoms with van der Waals surface area (Å²) in [4.78, 5) is 21.9. The smallest absolute Gasteiger partial charge is 0.305 e.